The number of alkyl halides is 3. The van der Waals surface area contributed by atoms with Crippen LogP contribution in [0.4, 0.5) is 24.5 Å². The topological polar surface area (TPSA) is 119 Å². The maximum Gasteiger partial charge on any atom is 0.416 e. The highest BCUT2D eigenvalue weighted by Gasteiger charge is 2.31. The summed E-state index contributed by atoms with van der Waals surface area (Å²) in [7, 11) is 0. The zero-order chi connectivity index (χ0) is 22.8. The summed E-state index contributed by atoms with van der Waals surface area (Å²) < 4.78 is 38.5. The second-order valence-electron chi connectivity index (χ2n) is 7.07. The van der Waals surface area contributed by atoms with Crippen molar-refractivity contribution in [3.63, 3.8) is 0 Å². The van der Waals surface area contributed by atoms with Crippen molar-refractivity contribution < 1.29 is 27.8 Å². The van der Waals surface area contributed by atoms with Gasteiger partial charge in [-0.25, -0.2) is 0 Å². The Kier molecular flexibility index (Phi) is 6.20. The third kappa shape index (κ3) is 5.34. The molecule has 31 heavy (non-hydrogen) atoms. The molecule has 0 aliphatic carbocycles. The van der Waals surface area contributed by atoms with Gasteiger partial charge in [0.15, 0.2) is 0 Å². The lowest BCUT2D eigenvalue weighted by Gasteiger charge is -2.17. The van der Waals surface area contributed by atoms with E-state index in [1.807, 2.05) is 0 Å². The number of carbonyl (C=O) groups is 1. The molecule has 0 aromatic heterocycles. The van der Waals surface area contributed by atoms with E-state index in [2.05, 4.69) is 5.32 Å². The minimum absolute atomic E-state index is 0.166. The monoisotopic (exact) mass is 438 g/mol. The van der Waals surface area contributed by atoms with Crippen LogP contribution in [-0.4, -0.2) is 39.8 Å². The number of non-ortho nitro benzene ring substituents is 2. The van der Waals surface area contributed by atoms with Gasteiger partial charge in [0, 0.05) is 37.8 Å². The lowest BCUT2D eigenvalue weighted by atomic mass is 10.1. The van der Waals surface area contributed by atoms with E-state index < -0.39 is 38.9 Å². The van der Waals surface area contributed by atoms with Crippen LogP contribution < -0.4 is 5.32 Å². The molecule has 0 saturated carbocycles. The molecule has 3 rings (SSSR count). The first-order chi connectivity index (χ1) is 14.5. The second-order valence-corrected chi connectivity index (χ2v) is 7.07. The Hall–Kier alpha value is -3.54. The zero-order valence-electron chi connectivity index (χ0n) is 16.0. The van der Waals surface area contributed by atoms with E-state index in [1.165, 1.54) is 11.0 Å². The van der Waals surface area contributed by atoms with Gasteiger partial charge in [0.2, 0.25) is 0 Å². The smallest absolute Gasteiger partial charge is 0.337 e. The van der Waals surface area contributed by atoms with Crippen LogP contribution >= 0.6 is 0 Å². The zero-order valence-corrected chi connectivity index (χ0v) is 16.0. The Morgan fingerprint density at radius 1 is 1.10 bits per heavy atom. The molecule has 164 valence electrons. The van der Waals surface area contributed by atoms with E-state index in [0.29, 0.717) is 18.5 Å². The van der Waals surface area contributed by atoms with Crippen molar-refractivity contribution in [3.05, 3.63) is 79.4 Å². The Labute approximate surface area is 173 Å². The number of rotatable bonds is 6. The summed E-state index contributed by atoms with van der Waals surface area (Å²) in [6.07, 6.45) is -3.92. The van der Waals surface area contributed by atoms with Crippen molar-refractivity contribution in [1.82, 2.24) is 10.2 Å². The average Bonchev–Trinajstić information content (AvgIpc) is 3.20. The number of nitrogens with one attached hydrogen (secondary N) is 1. The van der Waals surface area contributed by atoms with Crippen molar-refractivity contribution in [2.45, 2.75) is 25.2 Å². The molecule has 0 unspecified atom stereocenters. The fourth-order valence-corrected chi connectivity index (χ4v) is 3.34. The van der Waals surface area contributed by atoms with E-state index in [1.54, 1.807) is 6.07 Å². The molecule has 2 aromatic carbocycles. The van der Waals surface area contributed by atoms with Crippen LogP contribution in [0.2, 0.25) is 0 Å². The Balaban J connectivity index is 1.65. The van der Waals surface area contributed by atoms with Crippen LogP contribution in [0.25, 0.3) is 0 Å². The van der Waals surface area contributed by atoms with Gasteiger partial charge >= 0.3 is 6.18 Å². The molecule has 1 N–H and O–H groups in total. The van der Waals surface area contributed by atoms with E-state index in [0.717, 1.165) is 30.3 Å². The van der Waals surface area contributed by atoms with Gasteiger partial charge in [-0.1, -0.05) is 18.2 Å². The lowest BCUT2D eigenvalue weighted by molar-refractivity contribution is -0.394. The predicted molar refractivity (Wildman–Crippen MR) is 102 cm³/mol. The Morgan fingerprint density at radius 2 is 1.74 bits per heavy atom. The second kappa shape index (κ2) is 8.68. The van der Waals surface area contributed by atoms with Gasteiger partial charge in [-0.2, -0.15) is 13.2 Å². The molecule has 9 nitrogen and oxygen atoms in total. The number of hydrogen-bond donors (Lipinski definition) is 1. The van der Waals surface area contributed by atoms with E-state index >= 15 is 0 Å². The number of halogens is 3. The van der Waals surface area contributed by atoms with Crippen LogP contribution in [0.15, 0.2) is 42.5 Å². The molecule has 0 bridgehead atoms. The molecular weight excluding hydrogens is 421 g/mol. The first-order valence-corrected chi connectivity index (χ1v) is 9.17. The van der Waals surface area contributed by atoms with Crippen LogP contribution in [0.3, 0.4) is 0 Å². The standard InChI is InChI=1S/C19H17F3N4O5/c20-19(21,22)14-3-1-2-12(6-14)10-23-15-4-5-24(11-15)18(27)13-7-16(25(28)29)9-17(8-13)26(30)31/h1-3,6-9,15,23H,4-5,10-11H2/t15-/m1/s1. The molecule has 1 atom stereocenters. The lowest BCUT2D eigenvalue weighted by Crippen LogP contribution is -2.35. The molecule has 12 heteroatoms. The number of carbonyl (C=O) groups excluding carboxylic acids is 1. The van der Waals surface area contributed by atoms with Gasteiger partial charge in [0.05, 0.1) is 27.0 Å². The molecule has 0 radical (unpaired) electrons. The third-order valence-corrected chi connectivity index (χ3v) is 4.90. The fraction of sp³-hybridized carbons (Fsp3) is 0.316. The van der Waals surface area contributed by atoms with Crippen LogP contribution in [0.1, 0.15) is 27.9 Å². The maximum absolute atomic E-state index is 12.8. The van der Waals surface area contributed by atoms with Crippen LogP contribution in [-0.2, 0) is 12.7 Å². The highest BCUT2D eigenvalue weighted by Crippen LogP contribution is 2.29. The number of benzene rings is 2. The normalized spacial score (nSPS) is 16.4. The van der Waals surface area contributed by atoms with E-state index in [4.69, 9.17) is 0 Å². The van der Waals surface area contributed by atoms with E-state index in [-0.39, 0.29) is 24.7 Å². The quantitative estimate of drug-likeness (QED) is 0.545. The van der Waals surface area contributed by atoms with Gasteiger partial charge < -0.3 is 10.2 Å². The number of amides is 1. The van der Waals surface area contributed by atoms with Gasteiger partial charge in [-0.05, 0) is 18.1 Å². The van der Waals surface area contributed by atoms with Crippen molar-refractivity contribution in [1.29, 1.82) is 0 Å². The summed E-state index contributed by atoms with van der Waals surface area (Å²) in [4.78, 5) is 34.5. The van der Waals surface area contributed by atoms with Crippen LogP contribution in [0.5, 0.6) is 0 Å². The summed E-state index contributed by atoms with van der Waals surface area (Å²) in [6, 6.07) is 7.46. The number of likely N-dealkylation sites (tertiary alicyclic amines) is 1. The molecule has 1 aliphatic heterocycles. The van der Waals surface area contributed by atoms with Crippen molar-refractivity contribution >= 4 is 17.3 Å². The molecule has 2 aromatic rings. The molecular formula is C19H17F3N4O5. The summed E-state index contributed by atoms with van der Waals surface area (Å²) in [6.45, 7) is 0.683. The first-order valence-electron chi connectivity index (χ1n) is 9.17. The Bertz CT molecular complexity index is 996. The fourth-order valence-electron chi connectivity index (χ4n) is 3.34. The molecule has 1 saturated heterocycles. The van der Waals surface area contributed by atoms with Gasteiger partial charge in [0.25, 0.3) is 17.3 Å². The van der Waals surface area contributed by atoms with E-state index in [9.17, 15) is 38.2 Å². The molecule has 1 fully saturated rings. The molecule has 0 spiro atoms. The third-order valence-electron chi connectivity index (χ3n) is 4.90. The molecule has 1 aliphatic rings. The summed E-state index contributed by atoms with van der Waals surface area (Å²) in [5.41, 5.74) is -1.59. The van der Waals surface area contributed by atoms with Gasteiger partial charge in [0.1, 0.15) is 0 Å². The minimum atomic E-state index is -4.44. The SMILES string of the molecule is O=C(c1cc([N+](=O)[O-])cc([N+](=O)[O-])c1)N1CC[C@@H](NCc2cccc(C(F)(F)F)c2)C1. The minimum Gasteiger partial charge on any atom is -0.337 e. The highest BCUT2D eigenvalue weighted by atomic mass is 19.4. The number of nitrogens with zero attached hydrogens (tertiary/aromatic N) is 3. The maximum atomic E-state index is 12.8. The van der Waals surface area contributed by atoms with Crippen molar-refractivity contribution in [3.8, 4) is 0 Å². The molecule has 1 heterocycles. The summed E-state index contributed by atoms with van der Waals surface area (Å²) in [5, 5.41) is 25.1. The summed E-state index contributed by atoms with van der Waals surface area (Å²) in [5.74, 6) is -0.588. The molecule has 1 amide bonds. The number of nitro benzene ring substituents is 2. The van der Waals surface area contributed by atoms with Crippen LogP contribution in [0, 0.1) is 20.2 Å². The summed E-state index contributed by atoms with van der Waals surface area (Å²) >= 11 is 0. The van der Waals surface area contributed by atoms with Gasteiger partial charge in [-0.3, -0.25) is 25.0 Å². The first kappa shape index (κ1) is 22.2. The van der Waals surface area contributed by atoms with Crippen molar-refractivity contribution in [2.75, 3.05) is 13.1 Å². The number of hydrogen-bond acceptors (Lipinski definition) is 6. The predicted octanol–water partition coefficient (Wildman–Crippen LogP) is 3.53. The van der Waals surface area contributed by atoms with Gasteiger partial charge in [-0.15, -0.1) is 0 Å². The number of nitro groups is 2. The largest absolute Gasteiger partial charge is 0.416 e. The average molecular weight is 438 g/mol. The Morgan fingerprint density at radius 3 is 2.32 bits per heavy atom. The van der Waals surface area contributed by atoms with Crippen molar-refractivity contribution in [2.24, 2.45) is 0 Å². The highest BCUT2D eigenvalue weighted by molar-refractivity contribution is 5.95.